The van der Waals surface area contributed by atoms with Gasteiger partial charge in [0.2, 0.25) is 0 Å². The van der Waals surface area contributed by atoms with E-state index in [-0.39, 0.29) is 12.1 Å². The van der Waals surface area contributed by atoms with Gasteiger partial charge in [-0.15, -0.1) is 0 Å². The fraction of sp³-hybridized carbons (Fsp3) is 0.273. The predicted octanol–water partition coefficient (Wildman–Crippen LogP) is 3.37. The molecule has 3 rings (SSSR count). The van der Waals surface area contributed by atoms with Crippen LogP contribution in [0.1, 0.15) is 31.0 Å². The zero-order valence-electron chi connectivity index (χ0n) is 16.1. The number of benzene rings is 2. The molecule has 3 N–H and O–H groups in total. The lowest BCUT2D eigenvalue weighted by Gasteiger charge is -2.46. The highest BCUT2D eigenvalue weighted by Gasteiger charge is 2.54. The summed E-state index contributed by atoms with van der Waals surface area (Å²) in [5.74, 6) is -2.46. The van der Waals surface area contributed by atoms with Crippen molar-refractivity contribution >= 4 is 17.8 Å². The van der Waals surface area contributed by atoms with Crippen LogP contribution in [0.3, 0.4) is 0 Å². The molecule has 0 saturated heterocycles. The number of aldehydes is 1. The molecule has 7 heteroatoms. The van der Waals surface area contributed by atoms with Gasteiger partial charge in [0.05, 0.1) is 6.04 Å². The summed E-state index contributed by atoms with van der Waals surface area (Å²) >= 11 is 0. The van der Waals surface area contributed by atoms with E-state index in [1.165, 1.54) is 18.7 Å². The van der Waals surface area contributed by atoms with Gasteiger partial charge in [0.1, 0.15) is 22.7 Å². The summed E-state index contributed by atoms with van der Waals surface area (Å²) in [7, 11) is 0. The third kappa shape index (κ3) is 3.47. The summed E-state index contributed by atoms with van der Waals surface area (Å²) in [5.41, 5.74) is 4.07. The summed E-state index contributed by atoms with van der Waals surface area (Å²) in [4.78, 5) is 25.5. The number of nitrogens with zero attached hydrogens (tertiary/aromatic N) is 1. The quantitative estimate of drug-likeness (QED) is 0.727. The van der Waals surface area contributed by atoms with Crippen LogP contribution >= 0.6 is 0 Å². The Morgan fingerprint density at radius 3 is 2.45 bits per heavy atom. The Morgan fingerprint density at radius 1 is 1.21 bits per heavy atom. The number of carbonyl (C=O) groups excluding carboxylic acids is 1. The van der Waals surface area contributed by atoms with E-state index in [0.717, 1.165) is 23.8 Å². The van der Waals surface area contributed by atoms with Crippen molar-refractivity contribution in [1.29, 1.82) is 0 Å². The molecule has 29 heavy (non-hydrogen) atoms. The van der Waals surface area contributed by atoms with Crippen LogP contribution in [0.25, 0.3) is 5.57 Å². The highest BCUT2D eigenvalue weighted by Crippen LogP contribution is 2.43. The molecule has 0 spiro atoms. The molecule has 0 radical (unpaired) electrons. The van der Waals surface area contributed by atoms with E-state index >= 15 is 0 Å². The van der Waals surface area contributed by atoms with Crippen LogP contribution < -0.4 is 5.73 Å². The molecule has 0 bridgehead atoms. The minimum atomic E-state index is -1.90. The van der Waals surface area contributed by atoms with E-state index in [1.807, 2.05) is 6.07 Å². The average Bonchev–Trinajstić information content (AvgIpc) is 3.15. The highest BCUT2D eigenvalue weighted by molar-refractivity contribution is 5.84. The molecule has 1 aliphatic heterocycles. The third-order valence-electron chi connectivity index (χ3n) is 5.64. The number of hydrogen-bond acceptors (Lipinski definition) is 4. The first-order valence-electron chi connectivity index (χ1n) is 9.08. The maximum Gasteiger partial charge on any atom is 0.312 e. The van der Waals surface area contributed by atoms with E-state index in [1.54, 1.807) is 30.3 Å². The van der Waals surface area contributed by atoms with Crippen LogP contribution in [-0.4, -0.2) is 34.5 Å². The lowest BCUT2D eigenvalue weighted by atomic mass is 9.78. The van der Waals surface area contributed by atoms with E-state index in [9.17, 15) is 23.5 Å². The van der Waals surface area contributed by atoms with Crippen molar-refractivity contribution in [3.05, 3.63) is 77.4 Å². The number of rotatable bonds is 6. The Hall–Kier alpha value is -2.90. The Kier molecular flexibility index (Phi) is 5.38. The second-order valence-electron chi connectivity index (χ2n) is 7.67. The molecule has 0 unspecified atom stereocenters. The minimum absolute atomic E-state index is 0.0219. The highest BCUT2D eigenvalue weighted by atomic mass is 19.1. The van der Waals surface area contributed by atoms with Crippen molar-refractivity contribution in [1.82, 2.24) is 4.90 Å². The van der Waals surface area contributed by atoms with Gasteiger partial charge in [-0.25, -0.2) is 8.78 Å². The van der Waals surface area contributed by atoms with Gasteiger partial charge in [0.25, 0.3) is 0 Å². The molecular weight excluding hydrogens is 378 g/mol. The Morgan fingerprint density at radius 2 is 1.86 bits per heavy atom. The first kappa shape index (κ1) is 20.8. The molecular formula is C22H22F2N2O3. The van der Waals surface area contributed by atoms with Gasteiger partial charge in [0, 0.05) is 12.1 Å². The van der Waals surface area contributed by atoms with E-state index < -0.39 is 34.7 Å². The second kappa shape index (κ2) is 7.50. The maximum absolute atomic E-state index is 14.4. The van der Waals surface area contributed by atoms with Crippen LogP contribution in [0.2, 0.25) is 0 Å². The number of nitrogens with two attached hydrogens (primary N) is 1. The SMILES string of the molecule is CC(C)(C(=O)O)[C@@](N)(C=O)N1CC(c2cc(F)ccc2F)=C[C@H]1c1ccccc1. The van der Waals surface area contributed by atoms with Gasteiger partial charge >= 0.3 is 5.97 Å². The first-order chi connectivity index (χ1) is 13.6. The Bertz CT molecular complexity index is 975. The molecule has 0 amide bonds. The van der Waals surface area contributed by atoms with Crippen molar-refractivity contribution in [3.8, 4) is 0 Å². The van der Waals surface area contributed by atoms with Crippen molar-refractivity contribution in [3.63, 3.8) is 0 Å². The van der Waals surface area contributed by atoms with Crippen LogP contribution in [0.4, 0.5) is 8.78 Å². The summed E-state index contributed by atoms with van der Waals surface area (Å²) in [6.07, 6.45) is 2.10. The van der Waals surface area contributed by atoms with Crippen LogP contribution in [0, 0.1) is 17.0 Å². The fourth-order valence-corrected chi connectivity index (χ4v) is 3.57. The third-order valence-corrected chi connectivity index (χ3v) is 5.64. The Labute approximate surface area is 167 Å². The standard InChI is InChI=1S/C22H22F2N2O3/c1-21(2,20(28)29)22(25,13-27)26-12-15(17-11-16(23)8-9-18(17)24)10-19(26)14-6-4-3-5-7-14/h3-11,13,19H,12,25H2,1-2H3,(H,28,29)/t19-,22+/m0/s1. The first-order valence-corrected chi connectivity index (χ1v) is 9.08. The average molecular weight is 400 g/mol. The Balaban J connectivity index is 2.15. The van der Waals surface area contributed by atoms with Gasteiger partial charge in [-0.1, -0.05) is 36.4 Å². The smallest absolute Gasteiger partial charge is 0.312 e. The zero-order valence-corrected chi connectivity index (χ0v) is 16.1. The van der Waals surface area contributed by atoms with Crippen LogP contribution in [-0.2, 0) is 9.59 Å². The zero-order chi connectivity index (χ0) is 21.4. The van der Waals surface area contributed by atoms with Crippen molar-refractivity contribution in [2.24, 2.45) is 11.1 Å². The number of halogens is 2. The fourth-order valence-electron chi connectivity index (χ4n) is 3.57. The monoisotopic (exact) mass is 400 g/mol. The largest absolute Gasteiger partial charge is 0.481 e. The molecule has 5 nitrogen and oxygen atoms in total. The van der Waals surface area contributed by atoms with E-state index in [4.69, 9.17) is 5.73 Å². The molecule has 0 saturated carbocycles. The second-order valence-corrected chi connectivity index (χ2v) is 7.67. The van der Waals surface area contributed by atoms with Crippen molar-refractivity contribution in [2.75, 3.05) is 6.54 Å². The lowest BCUT2D eigenvalue weighted by Crippen LogP contribution is -2.68. The van der Waals surface area contributed by atoms with Crippen LogP contribution in [0.5, 0.6) is 0 Å². The van der Waals surface area contributed by atoms with Gasteiger partial charge in [0.15, 0.2) is 6.29 Å². The number of carboxylic acid groups (broad SMARTS) is 1. The van der Waals surface area contributed by atoms with Gasteiger partial charge < -0.3 is 10.8 Å². The molecule has 0 aliphatic carbocycles. The molecule has 1 heterocycles. The molecule has 152 valence electrons. The number of carbonyl (C=O) groups is 2. The van der Waals surface area contributed by atoms with E-state index in [0.29, 0.717) is 11.9 Å². The summed E-state index contributed by atoms with van der Waals surface area (Å²) in [5, 5.41) is 9.70. The number of aliphatic carboxylic acids is 1. The van der Waals surface area contributed by atoms with Gasteiger partial charge in [-0.2, -0.15) is 0 Å². The summed E-state index contributed by atoms with van der Waals surface area (Å²) in [6, 6.07) is 11.5. The number of carboxylic acids is 1. The summed E-state index contributed by atoms with van der Waals surface area (Å²) in [6.45, 7) is 2.71. The molecule has 2 aromatic carbocycles. The van der Waals surface area contributed by atoms with E-state index in [2.05, 4.69) is 0 Å². The number of hydrogen-bond donors (Lipinski definition) is 2. The van der Waals surface area contributed by atoms with Crippen LogP contribution in [0.15, 0.2) is 54.6 Å². The molecule has 0 aromatic heterocycles. The molecule has 0 fully saturated rings. The van der Waals surface area contributed by atoms with Gasteiger partial charge in [-0.3, -0.25) is 14.5 Å². The lowest BCUT2D eigenvalue weighted by molar-refractivity contribution is -0.160. The molecule has 2 atom stereocenters. The summed E-state index contributed by atoms with van der Waals surface area (Å²) < 4.78 is 28.1. The van der Waals surface area contributed by atoms with Crippen molar-refractivity contribution < 1.29 is 23.5 Å². The van der Waals surface area contributed by atoms with Gasteiger partial charge in [-0.05, 0) is 43.2 Å². The topological polar surface area (TPSA) is 83.6 Å². The van der Waals surface area contributed by atoms with Crippen molar-refractivity contribution in [2.45, 2.75) is 25.6 Å². The maximum atomic E-state index is 14.4. The molecule has 2 aromatic rings. The minimum Gasteiger partial charge on any atom is -0.481 e. The molecule has 1 aliphatic rings. The normalized spacial score (nSPS) is 19.5. The predicted molar refractivity (Wildman–Crippen MR) is 105 cm³/mol.